The summed E-state index contributed by atoms with van der Waals surface area (Å²) in [5.74, 6) is -1.06. The molecule has 0 spiro atoms. The Morgan fingerprint density at radius 2 is 2.21 bits per heavy atom. The highest BCUT2D eigenvalue weighted by Gasteiger charge is 2.28. The van der Waals surface area contributed by atoms with Gasteiger partial charge in [0.05, 0.1) is 19.6 Å². The maximum Gasteiger partial charge on any atom is 0.334 e. The van der Waals surface area contributed by atoms with Crippen LogP contribution in [0.5, 0.6) is 0 Å². The van der Waals surface area contributed by atoms with Gasteiger partial charge in [-0.25, -0.2) is 4.79 Å². The molecule has 2 N–H and O–H groups in total. The van der Waals surface area contributed by atoms with Crippen LogP contribution < -0.4 is 5.32 Å². The van der Waals surface area contributed by atoms with E-state index in [0.29, 0.717) is 25.8 Å². The molecule has 1 saturated heterocycles. The summed E-state index contributed by atoms with van der Waals surface area (Å²) in [4.78, 5) is 36.1. The van der Waals surface area contributed by atoms with E-state index < -0.39 is 12.1 Å². The summed E-state index contributed by atoms with van der Waals surface area (Å²) in [6.45, 7) is 0.810. The van der Waals surface area contributed by atoms with Gasteiger partial charge in [-0.1, -0.05) is 12.1 Å². The lowest BCUT2D eigenvalue weighted by atomic mass is 10.0. The van der Waals surface area contributed by atoms with E-state index >= 15 is 0 Å². The molecule has 7 heteroatoms. The number of ether oxygens (including phenoxy) is 1. The first kappa shape index (κ1) is 16.4. The number of nitrogens with one attached hydrogen (secondary N) is 1. The smallest absolute Gasteiger partial charge is 0.334 e. The van der Waals surface area contributed by atoms with Crippen LogP contribution in [0.2, 0.25) is 0 Å². The highest BCUT2D eigenvalue weighted by Crippen LogP contribution is 2.24. The second-order valence-corrected chi connectivity index (χ2v) is 6.11. The minimum Gasteiger partial charge on any atom is -0.479 e. The molecule has 0 aliphatic carbocycles. The molecule has 0 saturated carbocycles. The summed E-state index contributed by atoms with van der Waals surface area (Å²) in [6.07, 6.45) is 1.30. The zero-order chi connectivity index (χ0) is 17.1. The van der Waals surface area contributed by atoms with Gasteiger partial charge < -0.3 is 20.1 Å². The first-order valence-corrected chi connectivity index (χ1v) is 8.07. The molecule has 1 aromatic rings. The molecule has 24 heavy (non-hydrogen) atoms. The van der Waals surface area contributed by atoms with E-state index in [1.54, 1.807) is 4.90 Å². The highest BCUT2D eigenvalue weighted by molar-refractivity contribution is 5.99. The number of morpholine rings is 1. The summed E-state index contributed by atoms with van der Waals surface area (Å²) in [6, 6.07) is 5.87. The van der Waals surface area contributed by atoms with Crippen molar-refractivity contribution in [2.45, 2.75) is 31.8 Å². The van der Waals surface area contributed by atoms with Crippen LogP contribution in [0.15, 0.2) is 18.2 Å². The van der Waals surface area contributed by atoms with Crippen molar-refractivity contribution in [2.75, 3.05) is 25.0 Å². The van der Waals surface area contributed by atoms with Gasteiger partial charge in [-0.05, 0) is 30.0 Å². The normalized spacial score (nSPS) is 19.8. The van der Waals surface area contributed by atoms with Crippen LogP contribution in [-0.2, 0) is 32.0 Å². The Hall–Kier alpha value is -2.41. The number of carboxylic acids is 1. The summed E-state index contributed by atoms with van der Waals surface area (Å²) in [5.41, 5.74) is 2.97. The van der Waals surface area contributed by atoms with Crippen LogP contribution in [0.4, 0.5) is 5.69 Å². The lowest BCUT2D eigenvalue weighted by molar-refractivity contribution is -0.159. The molecule has 1 atom stereocenters. The van der Waals surface area contributed by atoms with E-state index in [0.717, 1.165) is 23.2 Å². The van der Waals surface area contributed by atoms with Crippen molar-refractivity contribution in [2.24, 2.45) is 0 Å². The molecular weight excluding hydrogens is 312 g/mol. The van der Waals surface area contributed by atoms with Crippen molar-refractivity contribution in [3.63, 3.8) is 0 Å². The fourth-order valence-corrected chi connectivity index (χ4v) is 3.07. The Morgan fingerprint density at radius 3 is 3.00 bits per heavy atom. The Morgan fingerprint density at radius 1 is 1.38 bits per heavy atom. The van der Waals surface area contributed by atoms with Crippen molar-refractivity contribution >= 4 is 23.5 Å². The van der Waals surface area contributed by atoms with Gasteiger partial charge in [0.1, 0.15) is 0 Å². The van der Waals surface area contributed by atoms with E-state index in [1.165, 1.54) is 0 Å². The van der Waals surface area contributed by atoms with Crippen molar-refractivity contribution in [1.82, 2.24) is 4.90 Å². The fraction of sp³-hybridized carbons (Fsp3) is 0.471. The molecule has 0 bridgehead atoms. The van der Waals surface area contributed by atoms with E-state index in [1.807, 2.05) is 18.2 Å². The number of amides is 2. The number of benzene rings is 1. The number of hydrogen-bond donors (Lipinski definition) is 2. The van der Waals surface area contributed by atoms with E-state index in [4.69, 9.17) is 9.84 Å². The number of fused-ring (bicyclic) bond motifs is 1. The zero-order valence-corrected chi connectivity index (χ0v) is 13.3. The maximum atomic E-state index is 12.2. The summed E-state index contributed by atoms with van der Waals surface area (Å²) >= 11 is 0. The average molecular weight is 332 g/mol. The number of anilines is 1. The summed E-state index contributed by atoms with van der Waals surface area (Å²) in [5, 5.41) is 11.8. The molecule has 2 aliphatic rings. The van der Waals surface area contributed by atoms with Gasteiger partial charge in [0.25, 0.3) is 0 Å². The number of carbonyl (C=O) groups is 3. The topological polar surface area (TPSA) is 95.9 Å². The third-order valence-electron chi connectivity index (χ3n) is 4.35. The lowest BCUT2D eigenvalue weighted by Crippen LogP contribution is -2.48. The standard InChI is InChI=1S/C17H20N2O5/c20-15-9-12-8-11(4-5-13(12)18-15)2-1-3-16(21)19-6-7-24-14(10-19)17(22)23/h4-5,8,14H,1-3,6-7,9-10H2,(H,18,20)(H,22,23). The van der Waals surface area contributed by atoms with Gasteiger partial charge in [-0.2, -0.15) is 0 Å². The SMILES string of the molecule is O=C1Cc2cc(CCCC(=O)N3CCOC(C(=O)O)C3)ccc2N1. The molecule has 7 nitrogen and oxygen atoms in total. The molecular formula is C17H20N2O5. The number of aryl methyl sites for hydroxylation is 1. The van der Waals surface area contributed by atoms with Gasteiger partial charge in [0.2, 0.25) is 11.8 Å². The summed E-state index contributed by atoms with van der Waals surface area (Å²) in [7, 11) is 0. The van der Waals surface area contributed by atoms with Crippen LogP contribution in [0.1, 0.15) is 24.0 Å². The molecule has 2 heterocycles. The van der Waals surface area contributed by atoms with E-state index in [-0.39, 0.29) is 25.0 Å². The molecule has 1 aromatic carbocycles. The molecule has 1 fully saturated rings. The van der Waals surface area contributed by atoms with Crippen LogP contribution in [0.3, 0.4) is 0 Å². The lowest BCUT2D eigenvalue weighted by Gasteiger charge is -2.30. The van der Waals surface area contributed by atoms with Gasteiger partial charge in [-0.15, -0.1) is 0 Å². The van der Waals surface area contributed by atoms with E-state index in [2.05, 4.69) is 5.32 Å². The number of hydrogen-bond acceptors (Lipinski definition) is 4. The van der Waals surface area contributed by atoms with Crippen LogP contribution >= 0.6 is 0 Å². The zero-order valence-electron chi connectivity index (χ0n) is 13.3. The first-order valence-electron chi connectivity index (χ1n) is 8.07. The Labute approximate surface area is 139 Å². The Kier molecular flexibility index (Phi) is 4.80. The van der Waals surface area contributed by atoms with Crippen molar-refractivity contribution in [3.8, 4) is 0 Å². The van der Waals surface area contributed by atoms with Crippen molar-refractivity contribution in [3.05, 3.63) is 29.3 Å². The van der Waals surface area contributed by atoms with Gasteiger partial charge >= 0.3 is 5.97 Å². The molecule has 0 aromatic heterocycles. The average Bonchev–Trinajstić information content (AvgIpc) is 2.94. The van der Waals surface area contributed by atoms with Gasteiger partial charge in [-0.3, -0.25) is 9.59 Å². The minimum absolute atomic E-state index is 0.0117. The van der Waals surface area contributed by atoms with Crippen LogP contribution in [-0.4, -0.2) is 53.6 Å². The number of nitrogens with zero attached hydrogens (tertiary/aromatic N) is 1. The molecule has 0 radical (unpaired) electrons. The third kappa shape index (κ3) is 3.73. The maximum absolute atomic E-state index is 12.2. The second kappa shape index (κ2) is 7.00. The Bertz CT molecular complexity index is 673. The largest absolute Gasteiger partial charge is 0.479 e. The first-order chi connectivity index (χ1) is 11.5. The number of aliphatic carboxylic acids is 1. The minimum atomic E-state index is -1.03. The molecule has 2 amide bonds. The molecule has 1 unspecified atom stereocenters. The second-order valence-electron chi connectivity index (χ2n) is 6.11. The van der Waals surface area contributed by atoms with Crippen LogP contribution in [0, 0.1) is 0 Å². The summed E-state index contributed by atoms with van der Waals surface area (Å²) < 4.78 is 5.12. The van der Waals surface area contributed by atoms with Gasteiger partial charge in [0.15, 0.2) is 6.10 Å². The number of carbonyl (C=O) groups excluding carboxylic acids is 2. The predicted molar refractivity (Wildman–Crippen MR) is 85.7 cm³/mol. The monoisotopic (exact) mass is 332 g/mol. The van der Waals surface area contributed by atoms with E-state index in [9.17, 15) is 14.4 Å². The van der Waals surface area contributed by atoms with Crippen LogP contribution in [0.25, 0.3) is 0 Å². The quantitative estimate of drug-likeness (QED) is 0.832. The van der Waals surface area contributed by atoms with Crippen molar-refractivity contribution in [1.29, 1.82) is 0 Å². The van der Waals surface area contributed by atoms with Gasteiger partial charge in [0, 0.05) is 18.7 Å². The molecule has 3 rings (SSSR count). The third-order valence-corrected chi connectivity index (χ3v) is 4.35. The molecule has 2 aliphatic heterocycles. The fourth-order valence-electron chi connectivity index (χ4n) is 3.07. The van der Waals surface area contributed by atoms with Crippen molar-refractivity contribution < 1.29 is 24.2 Å². The number of rotatable bonds is 5. The molecule has 128 valence electrons. The number of carboxylic acid groups (broad SMARTS) is 1. The predicted octanol–water partition coefficient (Wildman–Crippen LogP) is 0.816. The Balaban J connectivity index is 1.48. The highest BCUT2D eigenvalue weighted by atomic mass is 16.5.